The lowest BCUT2D eigenvalue weighted by Crippen LogP contribution is -2.58. The number of aryl methyl sites for hydroxylation is 1. The van der Waals surface area contributed by atoms with E-state index in [0.29, 0.717) is 19.4 Å². The van der Waals surface area contributed by atoms with Crippen LogP contribution in [0.15, 0.2) is 54.6 Å². The van der Waals surface area contributed by atoms with Crippen LogP contribution in [0.2, 0.25) is 0 Å². The number of nitrogens with one attached hydrogen (secondary N) is 2. The molecule has 2 aromatic carbocycles. The number of rotatable bonds is 11. The van der Waals surface area contributed by atoms with Crippen molar-refractivity contribution in [3.63, 3.8) is 0 Å². The summed E-state index contributed by atoms with van der Waals surface area (Å²) in [6, 6.07) is 15.2. The molecule has 0 spiro atoms. The minimum absolute atomic E-state index is 0.123. The summed E-state index contributed by atoms with van der Waals surface area (Å²) >= 11 is 1.46. The summed E-state index contributed by atoms with van der Waals surface area (Å²) in [5, 5.41) is 16.9. The van der Waals surface area contributed by atoms with Gasteiger partial charge in [-0.1, -0.05) is 54.6 Å². The maximum atomic E-state index is 13.7. The number of aliphatic hydroxyl groups is 1. The van der Waals surface area contributed by atoms with Gasteiger partial charge in [0, 0.05) is 17.7 Å². The Kier molecular flexibility index (Phi) is 10.8. The number of unbranched alkanes of at least 4 members (excludes halogenated alkanes) is 1. The highest BCUT2D eigenvalue weighted by molar-refractivity contribution is 8.00. The first-order valence-electron chi connectivity index (χ1n) is 13.0. The molecule has 2 aromatic rings. The van der Waals surface area contributed by atoms with Crippen molar-refractivity contribution >= 4 is 29.7 Å². The van der Waals surface area contributed by atoms with E-state index in [1.807, 2.05) is 75.4 Å². The second-order valence-electron chi connectivity index (χ2n) is 10.1. The Labute approximate surface area is 234 Å². The zero-order valence-corrected chi connectivity index (χ0v) is 23.5. The molecule has 0 saturated carbocycles. The molecule has 0 radical (unpaired) electrons. The van der Waals surface area contributed by atoms with Gasteiger partial charge < -0.3 is 25.4 Å². The van der Waals surface area contributed by atoms with Gasteiger partial charge in [0.05, 0.1) is 18.5 Å². The van der Waals surface area contributed by atoms with Crippen LogP contribution >= 0.6 is 11.8 Å². The van der Waals surface area contributed by atoms with Crippen LogP contribution in [0.1, 0.15) is 43.4 Å². The Morgan fingerprint density at radius 1 is 1.18 bits per heavy atom. The third-order valence-electron chi connectivity index (χ3n) is 6.73. The number of terminal acetylenes is 1. The lowest BCUT2D eigenvalue weighted by Gasteiger charge is -2.33. The highest BCUT2D eigenvalue weighted by Crippen LogP contribution is 2.40. The monoisotopic (exact) mass is 551 g/mol. The molecule has 1 heterocycles. The van der Waals surface area contributed by atoms with Gasteiger partial charge in [0.15, 0.2) is 6.10 Å². The minimum atomic E-state index is -1.59. The van der Waals surface area contributed by atoms with Crippen LogP contribution in [0.25, 0.3) is 0 Å². The van der Waals surface area contributed by atoms with E-state index >= 15 is 0 Å². The van der Waals surface area contributed by atoms with E-state index in [2.05, 4.69) is 16.6 Å². The lowest BCUT2D eigenvalue weighted by molar-refractivity contribution is -0.147. The number of thioether (sulfide) groups is 1. The van der Waals surface area contributed by atoms with E-state index < -0.39 is 34.9 Å². The fraction of sp³-hybridized carbons (Fsp3) is 0.433. The van der Waals surface area contributed by atoms with Crippen molar-refractivity contribution in [2.24, 2.45) is 0 Å². The van der Waals surface area contributed by atoms with Gasteiger partial charge in [0.25, 0.3) is 5.91 Å². The van der Waals surface area contributed by atoms with Gasteiger partial charge in [-0.05, 0) is 50.3 Å². The maximum absolute atomic E-state index is 13.7. The molecule has 0 aromatic heterocycles. The van der Waals surface area contributed by atoms with Crippen LogP contribution in [0.3, 0.4) is 0 Å². The number of carbonyl (C=O) groups excluding carboxylic acids is 3. The minimum Gasteiger partial charge on any atom is -0.450 e. The summed E-state index contributed by atoms with van der Waals surface area (Å²) in [4.78, 5) is 40.9. The van der Waals surface area contributed by atoms with Crippen molar-refractivity contribution in [2.75, 3.05) is 12.5 Å². The maximum Gasteiger partial charge on any atom is 0.407 e. The molecule has 3 N–H and O–H groups in total. The number of carbonyl (C=O) groups is 3. The molecular weight excluding hydrogens is 514 g/mol. The number of hydrogen-bond donors (Lipinski definition) is 3. The Balaban J connectivity index is 1.74. The molecule has 9 heteroatoms. The molecule has 3 amide bonds. The number of ether oxygens (including phenoxy) is 1. The Morgan fingerprint density at radius 3 is 2.56 bits per heavy atom. The predicted octanol–water partition coefficient (Wildman–Crippen LogP) is 3.40. The van der Waals surface area contributed by atoms with Crippen LogP contribution in [0.4, 0.5) is 4.79 Å². The van der Waals surface area contributed by atoms with Gasteiger partial charge in [-0.25, -0.2) is 4.79 Å². The van der Waals surface area contributed by atoms with Crippen molar-refractivity contribution in [1.29, 1.82) is 0 Å². The van der Waals surface area contributed by atoms with E-state index in [1.165, 1.54) is 16.7 Å². The SMILES string of the molecule is C#CCCCOC(=O)N[C@@H](Cc1ccccc1)[C@H](O)C(=O)N1CSC(C)(C)[C@H]1C(=O)NCc1ccccc1C. The molecule has 1 aliphatic heterocycles. The van der Waals surface area contributed by atoms with E-state index in [4.69, 9.17) is 11.2 Å². The molecule has 0 bridgehead atoms. The first kappa shape index (κ1) is 30.1. The summed E-state index contributed by atoms with van der Waals surface area (Å²) in [6.45, 7) is 6.24. The summed E-state index contributed by atoms with van der Waals surface area (Å²) in [5.41, 5.74) is 2.87. The first-order chi connectivity index (χ1) is 18.6. The molecule has 3 atom stereocenters. The number of alkyl carbamates (subject to hydrolysis) is 1. The van der Waals surface area contributed by atoms with Crippen molar-refractivity contribution in [3.05, 3.63) is 71.3 Å². The average Bonchev–Trinajstić information content (AvgIpc) is 3.24. The fourth-order valence-corrected chi connectivity index (χ4v) is 5.62. The van der Waals surface area contributed by atoms with Crippen molar-refractivity contribution in [3.8, 4) is 12.3 Å². The van der Waals surface area contributed by atoms with Crippen LogP contribution in [-0.2, 0) is 27.3 Å². The highest BCUT2D eigenvalue weighted by atomic mass is 32.2. The molecular formula is C30H37N3O5S. The predicted molar refractivity (Wildman–Crippen MR) is 153 cm³/mol. The first-order valence-corrected chi connectivity index (χ1v) is 14.0. The van der Waals surface area contributed by atoms with Gasteiger partial charge >= 0.3 is 6.09 Å². The van der Waals surface area contributed by atoms with Crippen LogP contribution in [-0.4, -0.2) is 63.3 Å². The standard InChI is InChI=1S/C30H37N3O5S/c1-5-6-12-17-38-29(37)32-24(18-22-14-8-7-9-15-22)25(34)28(36)33-20-39-30(3,4)26(33)27(35)31-19-23-16-11-10-13-21(23)2/h1,7-11,13-16,24-26,34H,6,12,17-20H2,2-4H3,(H,31,35)(H,32,37)/t24-,25-,26+/m0/s1. The average molecular weight is 552 g/mol. The van der Waals surface area contributed by atoms with Gasteiger partial charge in [0.2, 0.25) is 5.91 Å². The molecule has 39 heavy (non-hydrogen) atoms. The molecule has 1 saturated heterocycles. The topological polar surface area (TPSA) is 108 Å². The third kappa shape index (κ3) is 8.25. The number of nitrogens with zero attached hydrogens (tertiary/aromatic N) is 1. The van der Waals surface area contributed by atoms with Crippen LogP contribution < -0.4 is 10.6 Å². The number of amides is 3. The smallest absolute Gasteiger partial charge is 0.407 e. The third-order valence-corrected chi connectivity index (χ3v) is 8.10. The largest absolute Gasteiger partial charge is 0.450 e. The Bertz CT molecular complexity index is 1180. The lowest BCUT2D eigenvalue weighted by atomic mass is 9.97. The van der Waals surface area contributed by atoms with Gasteiger partial charge in [-0.15, -0.1) is 24.1 Å². The fourth-order valence-electron chi connectivity index (χ4n) is 4.48. The summed E-state index contributed by atoms with van der Waals surface area (Å²) < 4.78 is 4.61. The summed E-state index contributed by atoms with van der Waals surface area (Å²) in [6.07, 6.45) is 4.07. The molecule has 1 aliphatic rings. The summed E-state index contributed by atoms with van der Waals surface area (Å²) in [5.74, 6) is 1.80. The zero-order valence-electron chi connectivity index (χ0n) is 22.7. The van der Waals surface area contributed by atoms with Crippen molar-refractivity contribution < 1.29 is 24.2 Å². The van der Waals surface area contributed by atoms with E-state index in [-0.39, 0.29) is 24.8 Å². The number of benzene rings is 2. The molecule has 8 nitrogen and oxygen atoms in total. The second kappa shape index (κ2) is 14.1. The van der Waals surface area contributed by atoms with E-state index in [1.54, 1.807) is 0 Å². The van der Waals surface area contributed by atoms with Crippen LogP contribution in [0.5, 0.6) is 0 Å². The van der Waals surface area contributed by atoms with Crippen LogP contribution in [0, 0.1) is 19.3 Å². The van der Waals surface area contributed by atoms with Gasteiger partial charge in [-0.3, -0.25) is 9.59 Å². The molecule has 0 aliphatic carbocycles. The van der Waals surface area contributed by atoms with Crippen molar-refractivity contribution in [2.45, 2.75) is 69.5 Å². The Morgan fingerprint density at radius 2 is 1.87 bits per heavy atom. The molecule has 1 fully saturated rings. The quantitative estimate of drug-likeness (QED) is 0.292. The second-order valence-corrected chi connectivity index (χ2v) is 11.7. The number of hydrogen-bond acceptors (Lipinski definition) is 6. The summed E-state index contributed by atoms with van der Waals surface area (Å²) in [7, 11) is 0. The zero-order chi connectivity index (χ0) is 28.4. The van der Waals surface area contributed by atoms with E-state index in [9.17, 15) is 19.5 Å². The molecule has 208 valence electrons. The Hall–Kier alpha value is -3.48. The van der Waals surface area contributed by atoms with E-state index in [0.717, 1.165) is 16.7 Å². The highest BCUT2D eigenvalue weighted by Gasteiger charge is 2.49. The van der Waals surface area contributed by atoms with Crippen molar-refractivity contribution in [1.82, 2.24) is 15.5 Å². The molecule has 3 rings (SSSR count). The normalized spacial score (nSPS) is 17.5. The molecule has 0 unspecified atom stereocenters. The van der Waals surface area contributed by atoms with Gasteiger partial charge in [0.1, 0.15) is 6.04 Å². The van der Waals surface area contributed by atoms with Gasteiger partial charge in [-0.2, -0.15) is 0 Å². The number of aliphatic hydroxyl groups excluding tert-OH is 1.